The van der Waals surface area contributed by atoms with E-state index < -0.39 is 88.5 Å². The standard InChI is InChI=1S/C48H81O14P/c1-3-5-7-8-9-10-11-12-13-14-15-16-17-18-19-20-21-22-24-29-47(55)59-37-42(38-61-63(57,58)60-36-41(52)35-49)62-48(56)30-26-25-28-40(51)33-44-43(45(53)34-46(44)54)32-31-39(50)27-23-6-4-2/h9-10,12-13,15-16,18-19,31-32,39,41-46,49-50,52-54H,3-8,11,14,17,20-30,33-38H2,1-2H3,(H,57,58)/b10-9-,13-12-,16-15-,19-18-,32-31+/t39-,41-,42+,43+,44+,45+,46-/m0/s1. The molecule has 1 fully saturated rings. The maximum absolute atomic E-state index is 12.9. The molecule has 1 unspecified atom stereocenters. The third kappa shape index (κ3) is 31.7. The van der Waals surface area contributed by atoms with Crippen molar-refractivity contribution in [2.75, 3.05) is 26.4 Å². The summed E-state index contributed by atoms with van der Waals surface area (Å²) in [6.07, 6.45) is 31.0. The molecule has 362 valence electrons. The van der Waals surface area contributed by atoms with Crippen molar-refractivity contribution in [3.8, 4) is 0 Å². The van der Waals surface area contributed by atoms with E-state index in [2.05, 4.69) is 67.0 Å². The molecule has 15 heteroatoms. The molecule has 8 atom stereocenters. The smallest absolute Gasteiger partial charge is 0.462 e. The van der Waals surface area contributed by atoms with Crippen LogP contribution in [-0.2, 0) is 37.5 Å². The van der Waals surface area contributed by atoms with E-state index >= 15 is 0 Å². The van der Waals surface area contributed by atoms with Crippen LogP contribution < -0.4 is 0 Å². The minimum atomic E-state index is -4.74. The third-order valence-electron chi connectivity index (χ3n) is 10.6. The first-order chi connectivity index (χ1) is 30.3. The average Bonchev–Trinajstić information content (AvgIpc) is 3.52. The van der Waals surface area contributed by atoms with Crippen LogP contribution in [0.3, 0.4) is 0 Å². The van der Waals surface area contributed by atoms with Crippen LogP contribution in [0, 0.1) is 11.8 Å². The zero-order chi connectivity index (χ0) is 46.6. The predicted molar refractivity (Wildman–Crippen MR) is 244 cm³/mol. The second-order valence-corrected chi connectivity index (χ2v) is 17.8. The van der Waals surface area contributed by atoms with Gasteiger partial charge < -0.3 is 39.9 Å². The number of phosphoric ester groups is 1. The minimum Gasteiger partial charge on any atom is -0.462 e. The van der Waals surface area contributed by atoms with Crippen molar-refractivity contribution >= 4 is 25.5 Å². The Hall–Kier alpha value is -2.78. The molecule has 0 aromatic heterocycles. The Morgan fingerprint density at radius 1 is 0.683 bits per heavy atom. The van der Waals surface area contributed by atoms with E-state index in [1.54, 1.807) is 12.2 Å². The summed E-state index contributed by atoms with van der Waals surface area (Å²) in [4.78, 5) is 48.1. The summed E-state index contributed by atoms with van der Waals surface area (Å²) < 4.78 is 32.6. The molecular formula is C48H81O14P. The van der Waals surface area contributed by atoms with Gasteiger partial charge in [-0.2, -0.15) is 0 Å². The van der Waals surface area contributed by atoms with Gasteiger partial charge in [0, 0.05) is 43.9 Å². The number of aliphatic hydroxyl groups excluding tert-OH is 5. The fraction of sp³-hybridized carbons (Fsp3) is 0.729. The number of phosphoric acid groups is 1. The first-order valence-electron chi connectivity index (χ1n) is 23.4. The topological polar surface area (TPSA) is 227 Å². The summed E-state index contributed by atoms with van der Waals surface area (Å²) in [7, 11) is -4.74. The number of ether oxygens (including phenoxy) is 2. The van der Waals surface area contributed by atoms with Gasteiger partial charge in [0.15, 0.2) is 6.10 Å². The third-order valence-corrected chi connectivity index (χ3v) is 11.6. The Bertz CT molecular complexity index is 1410. The van der Waals surface area contributed by atoms with Gasteiger partial charge in [0.2, 0.25) is 0 Å². The highest BCUT2D eigenvalue weighted by Gasteiger charge is 2.41. The fourth-order valence-corrected chi connectivity index (χ4v) is 7.70. The molecular weight excluding hydrogens is 831 g/mol. The van der Waals surface area contributed by atoms with Crippen LogP contribution in [0.25, 0.3) is 0 Å². The van der Waals surface area contributed by atoms with Gasteiger partial charge in [-0.25, -0.2) is 4.57 Å². The number of esters is 2. The lowest BCUT2D eigenvalue weighted by Gasteiger charge is -2.21. The molecule has 0 aromatic rings. The van der Waals surface area contributed by atoms with E-state index in [0.29, 0.717) is 19.3 Å². The molecule has 1 aliphatic rings. The van der Waals surface area contributed by atoms with E-state index in [1.165, 1.54) is 19.3 Å². The van der Waals surface area contributed by atoms with Crippen molar-refractivity contribution in [1.29, 1.82) is 0 Å². The number of carbonyl (C=O) groups excluding carboxylic acids is 3. The number of allylic oxidation sites excluding steroid dienone is 8. The van der Waals surface area contributed by atoms with Gasteiger partial charge in [-0.1, -0.05) is 113 Å². The molecule has 0 aromatic carbocycles. The predicted octanol–water partition coefficient (Wildman–Crippen LogP) is 8.23. The van der Waals surface area contributed by atoms with Gasteiger partial charge in [0.25, 0.3) is 0 Å². The summed E-state index contributed by atoms with van der Waals surface area (Å²) in [6, 6.07) is 0. The highest BCUT2D eigenvalue weighted by atomic mass is 31.2. The molecule has 0 amide bonds. The molecule has 1 rings (SSSR count). The summed E-state index contributed by atoms with van der Waals surface area (Å²) >= 11 is 0. The van der Waals surface area contributed by atoms with Crippen LogP contribution >= 0.6 is 7.82 Å². The molecule has 1 aliphatic carbocycles. The van der Waals surface area contributed by atoms with Gasteiger partial charge in [0.05, 0.1) is 38.1 Å². The fourth-order valence-electron chi connectivity index (χ4n) is 6.91. The number of aliphatic hydroxyl groups is 5. The molecule has 6 N–H and O–H groups in total. The van der Waals surface area contributed by atoms with Crippen molar-refractivity contribution in [3.05, 3.63) is 60.8 Å². The molecule has 0 heterocycles. The van der Waals surface area contributed by atoms with Crippen LogP contribution in [0.5, 0.6) is 0 Å². The highest BCUT2D eigenvalue weighted by Crippen LogP contribution is 2.43. The molecule has 1 saturated carbocycles. The quantitative estimate of drug-likeness (QED) is 0.0148. The van der Waals surface area contributed by atoms with Gasteiger partial charge in [-0.05, 0) is 70.6 Å². The molecule has 63 heavy (non-hydrogen) atoms. The lowest BCUT2D eigenvalue weighted by atomic mass is 9.87. The number of carbonyl (C=O) groups is 3. The Balaban J connectivity index is 2.49. The van der Waals surface area contributed by atoms with Crippen molar-refractivity contribution in [2.45, 2.75) is 186 Å². The number of Topliss-reactive ketones (excluding diaryl/α,β-unsaturated/α-hetero) is 1. The molecule has 0 spiro atoms. The Morgan fingerprint density at radius 3 is 1.87 bits per heavy atom. The van der Waals surface area contributed by atoms with Gasteiger partial charge in [-0.15, -0.1) is 0 Å². The summed E-state index contributed by atoms with van der Waals surface area (Å²) in [5, 5.41) is 49.7. The highest BCUT2D eigenvalue weighted by molar-refractivity contribution is 7.47. The SMILES string of the molecule is CCCCC/C=C\C/C=C\C/C=C\C/C=C\CCCCCC(=O)OC[C@H](COP(=O)(O)OC[C@@H](O)CO)OC(=O)CCCCC(=O)C[C@@H]1[C@@H](/C=C/[C@@H](O)CCCCC)[C@H](O)C[C@@H]1O. The molecule has 14 nitrogen and oxygen atoms in total. The van der Waals surface area contributed by atoms with Crippen LogP contribution in [0.2, 0.25) is 0 Å². The van der Waals surface area contributed by atoms with Crippen molar-refractivity contribution < 1.29 is 67.9 Å². The van der Waals surface area contributed by atoms with E-state index in [9.17, 15) is 44.3 Å². The molecule has 0 radical (unpaired) electrons. The minimum absolute atomic E-state index is 0.0401. The van der Waals surface area contributed by atoms with E-state index in [0.717, 1.165) is 64.2 Å². The zero-order valence-corrected chi connectivity index (χ0v) is 39.0. The van der Waals surface area contributed by atoms with Crippen molar-refractivity contribution in [3.63, 3.8) is 0 Å². The maximum atomic E-state index is 12.9. The molecule has 0 aliphatic heterocycles. The van der Waals surface area contributed by atoms with Crippen molar-refractivity contribution in [2.24, 2.45) is 11.8 Å². The Labute approximate surface area is 377 Å². The summed E-state index contributed by atoms with van der Waals surface area (Å²) in [6.45, 7) is 1.77. The number of hydrogen-bond donors (Lipinski definition) is 6. The van der Waals surface area contributed by atoms with Gasteiger partial charge >= 0.3 is 19.8 Å². The second kappa shape index (κ2) is 37.4. The molecule has 0 bridgehead atoms. The first-order valence-corrected chi connectivity index (χ1v) is 24.9. The Morgan fingerprint density at radius 2 is 1.24 bits per heavy atom. The Kier molecular flexibility index (Phi) is 34.6. The monoisotopic (exact) mass is 913 g/mol. The van der Waals surface area contributed by atoms with E-state index in [-0.39, 0.29) is 44.3 Å². The second-order valence-electron chi connectivity index (χ2n) is 16.4. The summed E-state index contributed by atoms with van der Waals surface area (Å²) in [5.74, 6) is -2.35. The van der Waals surface area contributed by atoms with E-state index in [4.69, 9.17) is 19.1 Å². The largest absolute Gasteiger partial charge is 0.472 e. The van der Waals surface area contributed by atoms with Crippen LogP contribution in [0.4, 0.5) is 0 Å². The number of unbranched alkanes of at least 4 members (excludes halogenated alkanes) is 9. The number of hydrogen-bond acceptors (Lipinski definition) is 13. The maximum Gasteiger partial charge on any atom is 0.472 e. The number of ketones is 1. The van der Waals surface area contributed by atoms with Crippen LogP contribution in [0.1, 0.15) is 155 Å². The van der Waals surface area contributed by atoms with Crippen molar-refractivity contribution in [1.82, 2.24) is 0 Å². The van der Waals surface area contributed by atoms with Crippen LogP contribution in [-0.4, -0.2) is 105 Å². The number of rotatable bonds is 39. The van der Waals surface area contributed by atoms with Crippen LogP contribution in [0.15, 0.2) is 60.8 Å². The normalized spacial score (nSPS) is 20.6. The first kappa shape index (κ1) is 58.2. The summed E-state index contributed by atoms with van der Waals surface area (Å²) in [5.41, 5.74) is 0. The lowest BCUT2D eigenvalue weighted by molar-refractivity contribution is -0.161. The van der Waals surface area contributed by atoms with E-state index in [1.807, 2.05) is 0 Å². The lowest BCUT2D eigenvalue weighted by Crippen LogP contribution is -2.30. The van der Waals surface area contributed by atoms with Gasteiger partial charge in [0.1, 0.15) is 18.5 Å². The zero-order valence-electron chi connectivity index (χ0n) is 38.1. The molecule has 0 saturated heterocycles. The van der Waals surface area contributed by atoms with Gasteiger partial charge in [-0.3, -0.25) is 23.4 Å². The average molecular weight is 913 g/mol.